The predicted molar refractivity (Wildman–Crippen MR) is 78.0 cm³/mol. The fourth-order valence-corrected chi connectivity index (χ4v) is 2.62. The second-order valence-corrected chi connectivity index (χ2v) is 5.34. The topological polar surface area (TPSA) is 64.5 Å². The standard InChI is InChI=1S/C15H19N3O2/c1-9-7-18(8-13-10(2)17-20-11(13)3)14-5-4-12(16)6-15(14)19-9/h4-6,9H,7-8,16H2,1-3H3. The van der Waals surface area contributed by atoms with Crippen LogP contribution in [0.25, 0.3) is 0 Å². The van der Waals surface area contributed by atoms with Crippen molar-refractivity contribution in [1.29, 1.82) is 0 Å². The van der Waals surface area contributed by atoms with Crippen molar-refractivity contribution in [2.45, 2.75) is 33.4 Å². The number of benzene rings is 1. The van der Waals surface area contributed by atoms with Crippen LogP contribution in [0.1, 0.15) is 23.9 Å². The average molecular weight is 273 g/mol. The van der Waals surface area contributed by atoms with Gasteiger partial charge in [0.25, 0.3) is 0 Å². The minimum absolute atomic E-state index is 0.129. The van der Waals surface area contributed by atoms with Gasteiger partial charge in [0, 0.05) is 23.9 Å². The van der Waals surface area contributed by atoms with Gasteiger partial charge in [0.15, 0.2) is 0 Å². The minimum atomic E-state index is 0.129. The number of rotatable bonds is 2. The Morgan fingerprint density at radius 3 is 2.90 bits per heavy atom. The summed E-state index contributed by atoms with van der Waals surface area (Å²) in [7, 11) is 0. The van der Waals surface area contributed by atoms with Crippen LogP contribution in [0.15, 0.2) is 22.7 Å². The summed E-state index contributed by atoms with van der Waals surface area (Å²) in [6, 6.07) is 5.79. The largest absolute Gasteiger partial charge is 0.487 e. The molecule has 0 aliphatic carbocycles. The van der Waals surface area contributed by atoms with E-state index in [1.54, 1.807) is 0 Å². The van der Waals surface area contributed by atoms with E-state index in [1.165, 1.54) is 0 Å². The maximum atomic E-state index is 5.86. The summed E-state index contributed by atoms with van der Waals surface area (Å²) in [5.41, 5.74) is 9.70. The van der Waals surface area contributed by atoms with Gasteiger partial charge in [0.05, 0.1) is 17.9 Å². The summed E-state index contributed by atoms with van der Waals surface area (Å²) in [5.74, 6) is 1.72. The average Bonchev–Trinajstić information content (AvgIpc) is 2.69. The lowest BCUT2D eigenvalue weighted by molar-refractivity contribution is 0.212. The molecule has 2 N–H and O–H groups in total. The van der Waals surface area contributed by atoms with Gasteiger partial charge in [-0.15, -0.1) is 0 Å². The molecule has 5 nitrogen and oxygen atoms in total. The first-order valence-corrected chi connectivity index (χ1v) is 6.77. The van der Waals surface area contributed by atoms with Crippen LogP contribution in [0.3, 0.4) is 0 Å². The van der Waals surface area contributed by atoms with Gasteiger partial charge in [0.1, 0.15) is 17.6 Å². The van der Waals surface area contributed by atoms with Crippen LogP contribution in [0.4, 0.5) is 11.4 Å². The van der Waals surface area contributed by atoms with Gasteiger partial charge < -0.3 is 19.9 Å². The van der Waals surface area contributed by atoms with E-state index < -0.39 is 0 Å². The van der Waals surface area contributed by atoms with E-state index in [1.807, 2.05) is 32.0 Å². The van der Waals surface area contributed by atoms with E-state index in [9.17, 15) is 0 Å². The Labute approximate surface area is 118 Å². The summed E-state index contributed by atoms with van der Waals surface area (Å²) in [6.45, 7) is 7.59. The Morgan fingerprint density at radius 1 is 1.40 bits per heavy atom. The highest BCUT2D eigenvalue weighted by molar-refractivity contribution is 5.65. The smallest absolute Gasteiger partial charge is 0.145 e. The molecule has 1 aromatic heterocycles. The molecule has 5 heteroatoms. The number of aromatic nitrogens is 1. The maximum Gasteiger partial charge on any atom is 0.145 e. The van der Waals surface area contributed by atoms with Crippen LogP contribution in [-0.2, 0) is 6.54 Å². The van der Waals surface area contributed by atoms with Crippen LogP contribution >= 0.6 is 0 Å². The molecule has 2 heterocycles. The monoisotopic (exact) mass is 273 g/mol. The first-order valence-electron chi connectivity index (χ1n) is 6.77. The zero-order valence-corrected chi connectivity index (χ0v) is 12.0. The Kier molecular flexibility index (Phi) is 3.04. The molecular weight excluding hydrogens is 254 g/mol. The highest BCUT2D eigenvalue weighted by atomic mass is 16.5. The predicted octanol–water partition coefficient (Wildman–Crippen LogP) is 2.66. The molecule has 1 unspecified atom stereocenters. The van der Waals surface area contributed by atoms with Crippen molar-refractivity contribution >= 4 is 11.4 Å². The number of hydrogen-bond acceptors (Lipinski definition) is 5. The minimum Gasteiger partial charge on any atom is -0.487 e. The third-order valence-electron chi connectivity index (χ3n) is 3.66. The second kappa shape index (κ2) is 4.74. The van der Waals surface area contributed by atoms with Crippen molar-refractivity contribution in [3.05, 3.63) is 35.2 Å². The fraction of sp³-hybridized carbons (Fsp3) is 0.400. The van der Waals surface area contributed by atoms with Crippen molar-refractivity contribution in [2.24, 2.45) is 0 Å². The van der Waals surface area contributed by atoms with Crippen LogP contribution in [-0.4, -0.2) is 17.8 Å². The number of aryl methyl sites for hydroxylation is 2. The van der Waals surface area contributed by atoms with Gasteiger partial charge in [-0.1, -0.05) is 5.16 Å². The normalized spacial score (nSPS) is 17.8. The van der Waals surface area contributed by atoms with Gasteiger partial charge in [-0.25, -0.2) is 0 Å². The zero-order chi connectivity index (χ0) is 14.3. The summed E-state index contributed by atoms with van der Waals surface area (Å²) in [5, 5.41) is 4.02. The molecule has 1 atom stereocenters. The SMILES string of the molecule is Cc1noc(C)c1CN1CC(C)Oc2cc(N)ccc21. The molecule has 0 saturated heterocycles. The lowest BCUT2D eigenvalue weighted by atomic mass is 10.1. The van der Waals surface area contributed by atoms with Gasteiger partial charge in [-0.2, -0.15) is 0 Å². The molecule has 0 fully saturated rings. The number of fused-ring (bicyclic) bond motifs is 1. The quantitative estimate of drug-likeness (QED) is 0.852. The van der Waals surface area contributed by atoms with Crippen LogP contribution < -0.4 is 15.4 Å². The van der Waals surface area contributed by atoms with E-state index in [0.717, 1.165) is 47.2 Å². The molecule has 0 saturated carbocycles. The van der Waals surface area contributed by atoms with Crippen LogP contribution in [0.5, 0.6) is 5.75 Å². The number of hydrogen-bond donors (Lipinski definition) is 1. The third-order valence-corrected chi connectivity index (χ3v) is 3.66. The van der Waals surface area contributed by atoms with Crippen molar-refractivity contribution in [1.82, 2.24) is 5.16 Å². The molecule has 2 aromatic rings. The van der Waals surface area contributed by atoms with Crippen molar-refractivity contribution in [2.75, 3.05) is 17.2 Å². The fourth-order valence-electron chi connectivity index (χ4n) is 2.62. The molecule has 0 bridgehead atoms. The van der Waals surface area contributed by atoms with E-state index in [4.69, 9.17) is 15.0 Å². The molecule has 20 heavy (non-hydrogen) atoms. The summed E-state index contributed by atoms with van der Waals surface area (Å²) < 4.78 is 11.1. The number of nitrogen functional groups attached to an aromatic ring is 1. The lowest BCUT2D eigenvalue weighted by Gasteiger charge is -2.35. The molecule has 0 spiro atoms. The van der Waals surface area contributed by atoms with Crippen molar-refractivity contribution < 1.29 is 9.26 Å². The third kappa shape index (κ3) is 2.19. The Morgan fingerprint density at radius 2 is 2.20 bits per heavy atom. The Balaban J connectivity index is 1.95. The zero-order valence-electron chi connectivity index (χ0n) is 12.0. The van der Waals surface area contributed by atoms with E-state index >= 15 is 0 Å². The highest BCUT2D eigenvalue weighted by Crippen LogP contribution is 2.36. The second-order valence-electron chi connectivity index (χ2n) is 5.34. The maximum absolute atomic E-state index is 5.86. The van der Waals surface area contributed by atoms with Gasteiger partial charge in [-0.05, 0) is 32.9 Å². The molecule has 3 rings (SSSR count). The Hall–Kier alpha value is -2.17. The van der Waals surface area contributed by atoms with Crippen molar-refractivity contribution in [3.63, 3.8) is 0 Å². The molecule has 106 valence electrons. The molecular formula is C15H19N3O2. The molecule has 0 radical (unpaired) electrons. The molecule has 1 aromatic carbocycles. The molecule has 0 amide bonds. The van der Waals surface area contributed by atoms with Gasteiger partial charge in [-0.3, -0.25) is 0 Å². The number of anilines is 2. The summed E-state index contributed by atoms with van der Waals surface area (Å²) in [4.78, 5) is 2.29. The van der Waals surface area contributed by atoms with Crippen LogP contribution in [0.2, 0.25) is 0 Å². The van der Waals surface area contributed by atoms with Crippen molar-refractivity contribution in [3.8, 4) is 5.75 Å². The van der Waals surface area contributed by atoms with Gasteiger partial charge >= 0.3 is 0 Å². The lowest BCUT2D eigenvalue weighted by Crippen LogP contribution is -2.38. The highest BCUT2D eigenvalue weighted by Gasteiger charge is 2.24. The van der Waals surface area contributed by atoms with E-state index in [0.29, 0.717) is 0 Å². The first-order chi connectivity index (χ1) is 9.54. The van der Waals surface area contributed by atoms with E-state index in [2.05, 4.69) is 17.0 Å². The number of ether oxygens (including phenoxy) is 1. The number of nitrogens with zero attached hydrogens (tertiary/aromatic N) is 2. The van der Waals surface area contributed by atoms with Gasteiger partial charge in [0.2, 0.25) is 0 Å². The van der Waals surface area contributed by atoms with Crippen LogP contribution in [0, 0.1) is 13.8 Å². The first kappa shape index (κ1) is 12.8. The number of nitrogens with two attached hydrogens (primary N) is 1. The summed E-state index contributed by atoms with van der Waals surface area (Å²) >= 11 is 0. The summed E-state index contributed by atoms with van der Waals surface area (Å²) in [6.07, 6.45) is 0.129. The molecule has 1 aliphatic heterocycles. The van der Waals surface area contributed by atoms with E-state index in [-0.39, 0.29) is 6.10 Å². The Bertz CT molecular complexity index is 617. The molecule has 1 aliphatic rings.